The molecular weight excluding hydrogens is 466 g/mol. The average molecular weight is 496 g/mol. The van der Waals surface area contributed by atoms with Crippen molar-refractivity contribution >= 4 is 27.3 Å². The van der Waals surface area contributed by atoms with Crippen LogP contribution in [0.1, 0.15) is 29.8 Å². The van der Waals surface area contributed by atoms with Crippen molar-refractivity contribution in [2.45, 2.75) is 25.3 Å². The van der Waals surface area contributed by atoms with Gasteiger partial charge in [0.25, 0.3) is 15.9 Å². The normalized spacial score (nSPS) is 12.9. The molecule has 3 aromatic rings. The molecule has 0 fully saturated rings. The molecule has 0 spiro atoms. The molecule has 1 amide bonds. The summed E-state index contributed by atoms with van der Waals surface area (Å²) >= 11 is 0. The highest BCUT2D eigenvalue weighted by molar-refractivity contribution is 7.92. The van der Waals surface area contributed by atoms with Crippen LogP contribution in [0.25, 0.3) is 0 Å². The molecule has 4 rings (SSSR count). The average Bonchev–Trinajstić information content (AvgIpc) is 2.87. The molecule has 1 heterocycles. The monoisotopic (exact) mass is 495 g/mol. The maximum atomic E-state index is 12.8. The van der Waals surface area contributed by atoms with Crippen molar-refractivity contribution in [3.63, 3.8) is 0 Å². The Balaban J connectivity index is 1.41. The molecule has 3 aromatic carbocycles. The van der Waals surface area contributed by atoms with Crippen LogP contribution >= 0.6 is 0 Å². The number of carbonyl (C=O) groups excluding carboxylic acids is 1. The molecule has 35 heavy (non-hydrogen) atoms. The zero-order chi connectivity index (χ0) is 24.8. The van der Waals surface area contributed by atoms with Crippen LogP contribution in [0.4, 0.5) is 11.4 Å². The van der Waals surface area contributed by atoms with E-state index in [4.69, 9.17) is 9.47 Å². The maximum Gasteiger partial charge on any atom is 0.262 e. The van der Waals surface area contributed by atoms with Crippen molar-refractivity contribution in [3.8, 4) is 11.5 Å². The van der Waals surface area contributed by atoms with E-state index < -0.39 is 10.0 Å². The molecule has 1 aliphatic heterocycles. The third-order valence-electron chi connectivity index (χ3n) is 5.71. The summed E-state index contributed by atoms with van der Waals surface area (Å²) in [6, 6.07) is 18.5. The summed E-state index contributed by atoms with van der Waals surface area (Å²) in [5.74, 6) is 0.641. The lowest BCUT2D eigenvalue weighted by molar-refractivity contribution is 0.102. The molecule has 0 aromatic heterocycles. The highest BCUT2D eigenvalue weighted by atomic mass is 32.2. The molecule has 8 nitrogen and oxygen atoms in total. The lowest BCUT2D eigenvalue weighted by Gasteiger charge is -2.19. The number of rotatable bonds is 9. The minimum atomic E-state index is -3.84. The van der Waals surface area contributed by atoms with Gasteiger partial charge in [-0.2, -0.15) is 0 Å². The third-order valence-corrected chi connectivity index (χ3v) is 7.09. The van der Waals surface area contributed by atoms with Gasteiger partial charge in [0.05, 0.1) is 4.90 Å². The van der Waals surface area contributed by atoms with E-state index in [1.165, 1.54) is 12.1 Å². The molecule has 0 bridgehead atoms. The van der Waals surface area contributed by atoms with Gasteiger partial charge >= 0.3 is 0 Å². The number of anilines is 2. The molecule has 0 saturated heterocycles. The lowest BCUT2D eigenvalue weighted by Crippen LogP contribution is -2.22. The number of hydrogen-bond donors (Lipinski definition) is 2. The second-order valence-corrected chi connectivity index (χ2v) is 9.79. The zero-order valence-electron chi connectivity index (χ0n) is 19.8. The Morgan fingerprint density at radius 3 is 2.31 bits per heavy atom. The standard InChI is InChI=1S/C26H29N3O5S/c1-3-29(4-2)18-19-6-5-7-22(16-19)27-26(30)20-8-10-21(11-9-20)28-35(31,32)23-12-13-24-25(17-23)34-15-14-33-24/h5-13,16-17,28H,3-4,14-15,18H2,1-2H3,(H,27,30). The second-order valence-electron chi connectivity index (χ2n) is 8.10. The van der Waals surface area contributed by atoms with Gasteiger partial charge < -0.3 is 14.8 Å². The fourth-order valence-corrected chi connectivity index (χ4v) is 4.82. The van der Waals surface area contributed by atoms with Gasteiger partial charge in [-0.05, 0) is 67.2 Å². The Labute approximate surface area is 205 Å². The molecule has 0 unspecified atom stereocenters. The number of fused-ring (bicyclic) bond motifs is 1. The molecule has 0 atom stereocenters. The molecule has 0 saturated carbocycles. The van der Waals surface area contributed by atoms with E-state index in [9.17, 15) is 13.2 Å². The first kappa shape index (κ1) is 24.6. The van der Waals surface area contributed by atoms with Gasteiger partial charge in [0, 0.05) is 29.5 Å². The quantitative estimate of drug-likeness (QED) is 0.458. The summed E-state index contributed by atoms with van der Waals surface area (Å²) < 4.78 is 39.1. The maximum absolute atomic E-state index is 12.8. The van der Waals surface area contributed by atoms with Gasteiger partial charge in [0.1, 0.15) is 13.2 Å². The predicted molar refractivity (Wildman–Crippen MR) is 136 cm³/mol. The van der Waals surface area contributed by atoms with E-state index in [-0.39, 0.29) is 10.8 Å². The number of carbonyl (C=O) groups is 1. The van der Waals surface area contributed by atoms with Gasteiger partial charge in [-0.3, -0.25) is 14.4 Å². The Hall–Kier alpha value is -3.56. The molecule has 0 radical (unpaired) electrons. The summed E-state index contributed by atoms with van der Waals surface area (Å²) in [5, 5.41) is 2.91. The van der Waals surface area contributed by atoms with Gasteiger partial charge in [0.15, 0.2) is 11.5 Å². The fraction of sp³-hybridized carbons (Fsp3) is 0.269. The summed E-state index contributed by atoms with van der Waals surface area (Å²) in [5.41, 5.74) is 2.59. The highest BCUT2D eigenvalue weighted by Gasteiger charge is 2.20. The van der Waals surface area contributed by atoms with Crippen molar-refractivity contribution < 1.29 is 22.7 Å². The predicted octanol–water partition coefficient (Wildman–Crippen LogP) is 4.35. The van der Waals surface area contributed by atoms with Gasteiger partial charge in [-0.25, -0.2) is 8.42 Å². The van der Waals surface area contributed by atoms with Crippen LogP contribution in [0.2, 0.25) is 0 Å². The van der Waals surface area contributed by atoms with E-state index in [1.807, 2.05) is 24.3 Å². The summed E-state index contributed by atoms with van der Waals surface area (Å²) in [6.45, 7) is 7.77. The van der Waals surface area contributed by atoms with E-state index >= 15 is 0 Å². The van der Waals surface area contributed by atoms with Crippen LogP contribution in [-0.4, -0.2) is 45.5 Å². The van der Waals surface area contributed by atoms with Gasteiger partial charge in [0.2, 0.25) is 0 Å². The van der Waals surface area contributed by atoms with Crippen molar-refractivity contribution in [3.05, 3.63) is 77.9 Å². The molecule has 9 heteroatoms. The molecule has 0 aliphatic carbocycles. The van der Waals surface area contributed by atoms with Crippen LogP contribution in [0.3, 0.4) is 0 Å². The molecular formula is C26H29N3O5S. The number of ether oxygens (including phenoxy) is 2. The fourth-order valence-electron chi connectivity index (χ4n) is 3.75. The Kier molecular flexibility index (Phi) is 7.57. The number of nitrogens with one attached hydrogen (secondary N) is 2. The third kappa shape index (κ3) is 6.12. The SMILES string of the molecule is CCN(CC)Cc1cccc(NC(=O)c2ccc(NS(=O)(=O)c3ccc4c(c3)OCCO4)cc2)c1. The van der Waals surface area contributed by atoms with Crippen molar-refractivity contribution in [1.29, 1.82) is 0 Å². The van der Waals surface area contributed by atoms with Crippen LogP contribution in [0, 0.1) is 0 Å². The topological polar surface area (TPSA) is 97.0 Å². The van der Waals surface area contributed by atoms with Crippen molar-refractivity contribution in [2.24, 2.45) is 0 Å². The number of sulfonamides is 1. The first-order valence-corrected chi connectivity index (χ1v) is 13.0. The van der Waals surface area contributed by atoms with Crippen molar-refractivity contribution in [2.75, 3.05) is 36.3 Å². The molecule has 184 valence electrons. The van der Waals surface area contributed by atoms with Crippen LogP contribution < -0.4 is 19.5 Å². The van der Waals surface area contributed by atoms with Crippen LogP contribution in [-0.2, 0) is 16.6 Å². The number of amides is 1. The minimum absolute atomic E-state index is 0.0631. The van der Waals surface area contributed by atoms with E-state index in [0.29, 0.717) is 41.7 Å². The van der Waals surface area contributed by atoms with Crippen molar-refractivity contribution in [1.82, 2.24) is 4.90 Å². The second kappa shape index (κ2) is 10.8. The van der Waals surface area contributed by atoms with E-state index in [2.05, 4.69) is 28.8 Å². The Morgan fingerprint density at radius 2 is 1.60 bits per heavy atom. The molecule has 1 aliphatic rings. The van der Waals surface area contributed by atoms with Crippen LogP contribution in [0.15, 0.2) is 71.6 Å². The van der Waals surface area contributed by atoms with E-state index in [1.54, 1.807) is 30.3 Å². The summed E-state index contributed by atoms with van der Waals surface area (Å²) in [7, 11) is -3.84. The molecule has 2 N–H and O–H groups in total. The zero-order valence-corrected chi connectivity index (χ0v) is 20.6. The van der Waals surface area contributed by atoms with Gasteiger partial charge in [-0.1, -0.05) is 26.0 Å². The first-order valence-electron chi connectivity index (χ1n) is 11.5. The highest BCUT2D eigenvalue weighted by Crippen LogP contribution is 2.32. The minimum Gasteiger partial charge on any atom is -0.486 e. The Bertz CT molecular complexity index is 1290. The summed E-state index contributed by atoms with van der Waals surface area (Å²) in [6.07, 6.45) is 0. The largest absolute Gasteiger partial charge is 0.486 e. The lowest BCUT2D eigenvalue weighted by atomic mass is 10.1. The van der Waals surface area contributed by atoms with Gasteiger partial charge in [-0.15, -0.1) is 0 Å². The smallest absolute Gasteiger partial charge is 0.262 e. The number of hydrogen-bond acceptors (Lipinski definition) is 6. The number of nitrogens with zero attached hydrogens (tertiary/aromatic N) is 1. The van der Waals surface area contributed by atoms with Crippen LogP contribution in [0.5, 0.6) is 11.5 Å². The first-order chi connectivity index (χ1) is 16.9. The Morgan fingerprint density at radius 1 is 0.886 bits per heavy atom. The number of benzene rings is 3. The van der Waals surface area contributed by atoms with E-state index in [0.717, 1.165) is 25.2 Å². The summed E-state index contributed by atoms with van der Waals surface area (Å²) in [4.78, 5) is 15.1.